The first-order valence-corrected chi connectivity index (χ1v) is 10.9. The Balaban J connectivity index is 5.37. The van der Waals surface area contributed by atoms with Gasteiger partial charge in [0.25, 0.3) is 0 Å². The number of carbonyl (C=O) groups is 4. The van der Waals surface area contributed by atoms with Gasteiger partial charge < -0.3 is 44.0 Å². The van der Waals surface area contributed by atoms with E-state index in [1.54, 1.807) is 0 Å². The number of nitrogens with zero attached hydrogens (tertiary/aromatic N) is 1. The monoisotopic (exact) mass is 476 g/mol. The lowest BCUT2D eigenvalue weighted by Crippen LogP contribution is -2.57. The minimum atomic E-state index is -1.25. The van der Waals surface area contributed by atoms with Crippen molar-refractivity contribution >= 4 is 42.3 Å². The van der Waals surface area contributed by atoms with Crippen LogP contribution in [0.2, 0.25) is 0 Å². The molecule has 0 bridgehead atoms. The van der Waals surface area contributed by atoms with Crippen LogP contribution in [-0.4, -0.2) is 77.8 Å². The number of hydrogen-bond acceptors (Lipinski definition) is 8. The summed E-state index contributed by atoms with van der Waals surface area (Å²) in [4.78, 5) is 52.6. The molecule has 14 heteroatoms. The largest absolute Gasteiger partial charge is 0.480 e. The first-order chi connectivity index (χ1) is 15.0. The van der Waals surface area contributed by atoms with Crippen LogP contribution in [0.15, 0.2) is 4.99 Å². The Labute approximate surface area is 192 Å². The number of rotatable bonds is 16. The van der Waals surface area contributed by atoms with Crippen LogP contribution in [-0.2, 0) is 19.2 Å². The molecule has 3 amide bonds. The van der Waals surface area contributed by atoms with Crippen molar-refractivity contribution in [3.05, 3.63) is 0 Å². The van der Waals surface area contributed by atoms with Gasteiger partial charge in [-0.3, -0.25) is 19.4 Å². The molecule has 0 heterocycles. The van der Waals surface area contributed by atoms with Gasteiger partial charge in [-0.1, -0.05) is 0 Å². The lowest BCUT2D eigenvalue weighted by Gasteiger charge is -2.24. The minimum absolute atomic E-state index is 0.0977. The maximum absolute atomic E-state index is 12.9. The van der Waals surface area contributed by atoms with Crippen LogP contribution in [0, 0.1) is 0 Å². The fourth-order valence-corrected chi connectivity index (χ4v) is 2.81. The molecule has 13 nitrogen and oxygen atoms in total. The molecule has 12 N–H and O–H groups in total. The van der Waals surface area contributed by atoms with E-state index >= 15 is 0 Å². The number of nitrogens with two attached hydrogens (primary N) is 4. The van der Waals surface area contributed by atoms with E-state index in [-0.39, 0.29) is 31.1 Å². The number of aliphatic imine (C=N–C) groups is 1. The number of thiol groups is 1. The first-order valence-electron chi connectivity index (χ1n) is 10.3. The quantitative estimate of drug-likeness (QED) is 0.0476. The standard InChI is InChI=1S/C18H36N8O5S/c1-10(20)14(27)24-12(6-4-8-23-18(21)22)15(28)25-11(5-2-3-7-19)16(29)26-13(9-32)17(30)31/h10-13,32H,2-9,19-20H2,1H3,(H,24,27)(H,25,28)(H,26,29)(H,30,31)(H4,21,22,23). The van der Waals surface area contributed by atoms with Gasteiger partial charge in [0, 0.05) is 12.3 Å². The molecule has 0 fully saturated rings. The Bertz CT molecular complexity index is 657. The Hall–Kier alpha value is -2.58. The van der Waals surface area contributed by atoms with E-state index < -0.39 is 47.9 Å². The SMILES string of the molecule is CC(N)C(=O)NC(CCCN=C(N)N)C(=O)NC(CCCCN)C(=O)NC(CS)C(=O)O. The lowest BCUT2D eigenvalue weighted by molar-refractivity contribution is -0.141. The van der Waals surface area contributed by atoms with E-state index in [0.717, 1.165) is 0 Å². The predicted octanol–water partition coefficient (Wildman–Crippen LogP) is -3.01. The van der Waals surface area contributed by atoms with E-state index in [0.29, 0.717) is 25.8 Å². The molecule has 0 aliphatic carbocycles. The predicted molar refractivity (Wildman–Crippen MR) is 124 cm³/mol. The van der Waals surface area contributed by atoms with E-state index in [4.69, 9.17) is 28.0 Å². The highest BCUT2D eigenvalue weighted by Gasteiger charge is 2.29. The van der Waals surface area contributed by atoms with Crippen LogP contribution in [0.25, 0.3) is 0 Å². The third kappa shape index (κ3) is 12.3. The molecule has 0 radical (unpaired) electrons. The topological polar surface area (TPSA) is 241 Å². The summed E-state index contributed by atoms with van der Waals surface area (Å²) in [6.07, 6.45) is 1.93. The van der Waals surface area contributed by atoms with Crippen LogP contribution in [0.3, 0.4) is 0 Å². The van der Waals surface area contributed by atoms with Crippen molar-refractivity contribution in [3.63, 3.8) is 0 Å². The number of carboxylic acids is 1. The molecule has 4 unspecified atom stereocenters. The van der Waals surface area contributed by atoms with Crippen molar-refractivity contribution in [2.24, 2.45) is 27.9 Å². The number of carboxylic acid groups (broad SMARTS) is 1. The Morgan fingerprint density at radius 1 is 0.906 bits per heavy atom. The van der Waals surface area contributed by atoms with Crippen LogP contribution in [0.1, 0.15) is 39.0 Å². The Morgan fingerprint density at radius 3 is 1.84 bits per heavy atom. The molecule has 4 atom stereocenters. The van der Waals surface area contributed by atoms with Crippen molar-refractivity contribution in [2.75, 3.05) is 18.8 Å². The molecule has 0 aromatic rings. The number of guanidine groups is 1. The van der Waals surface area contributed by atoms with E-state index in [9.17, 15) is 19.2 Å². The summed E-state index contributed by atoms with van der Waals surface area (Å²) in [6, 6.07) is -4.08. The van der Waals surface area contributed by atoms with Gasteiger partial charge in [-0.15, -0.1) is 0 Å². The summed E-state index contributed by atoms with van der Waals surface area (Å²) in [5, 5.41) is 16.6. The highest BCUT2D eigenvalue weighted by molar-refractivity contribution is 7.80. The maximum atomic E-state index is 12.9. The van der Waals surface area contributed by atoms with Crippen molar-refractivity contribution < 1.29 is 24.3 Å². The number of carbonyl (C=O) groups excluding carboxylic acids is 3. The van der Waals surface area contributed by atoms with Crippen LogP contribution < -0.4 is 38.9 Å². The van der Waals surface area contributed by atoms with Gasteiger partial charge in [-0.25, -0.2) is 4.79 Å². The van der Waals surface area contributed by atoms with E-state index in [1.165, 1.54) is 6.92 Å². The maximum Gasteiger partial charge on any atom is 0.327 e. The molecule has 32 heavy (non-hydrogen) atoms. The summed E-state index contributed by atoms with van der Waals surface area (Å²) in [5.74, 6) is -3.30. The summed E-state index contributed by atoms with van der Waals surface area (Å²) < 4.78 is 0. The normalized spacial score (nSPS) is 14.4. The van der Waals surface area contributed by atoms with Gasteiger partial charge in [-0.05, 0) is 45.6 Å². The van der Waals surface area contributed by atoms with Crippen LogP contribution in [0.4, 0.5) is 0 Å². The van der Waals surface area contributed by atoms with Crippen molar-refractivity contribution in [3.8, 4) is 0 Å². The Morgan fingerprint density at radius 2 is 1.41 bits per heavy atom. The van der Waals surface area contributed by atoms with E-state index in [1.807, 2.05) is 0 Å². The van der Waals surface area contributed by atoms with Gasteiger partial charge in [0.1, 0.15) is 18.1 Å². The zero-order valence-corrected chi connectivity index (χ0v) is 19.1. The number of hydrogen-bond donors (Lipinski definition) is 9. The number of aliphatic carboxylic acids is 1. The van der Waals surface area contributed by atoms with Gasteiger partial charge in [-0.2, -0.15) is 12.6 Å². The van der Waals surface area contributed by atoms with Crippen molar-refractivity contribution in [2.45, 2.75) is 63.2 Å². The summed E-state index contributed by atoms with van der Waals surface area (Å²) >= 11 is 3.92. The third-order valence-electron chi connectivity index (χ3n) is 4.37. The molecule has 0 aliphatic heterocycles. The molecule has 0 rings (SSSR count). The fraction of sp³-hybridized carbons (Fsp3) is 0.722. The number of unbranched alkanes of at least 4 members (excludes halogenated alkanes) is 1. The summed E-state index contributed by atoms with van der Waals surface area (Å²) in [6.45, 7) is 2.10. The fourth-order valence-electron chi connectivity index (χ4n) is 2.57. The smallest absolute Gasteiger partial charge is 0.327 e. The molecular weight excluding hydrogens is 440 g/mol. The molecule has 0 aromatic heterocycles. The second-order valence-electron chi connectivity index (χ2n) is 7.23. The van der Waals surface area contributed by atoms with Gasteiger partial charge in [0.2, 0.25) is 17.7 Å². The number of amides is 3. The van der Waals surface area contributed by atoms with E-state index in [2.05, 4.69) is 33.6 Å². The number of nitrogens with one attached hydrogen (secondary N) is 3. The second-order valence-corrected chi connectivity index (χ2v) is 7.59. The van der Waals surface area contributed by atoms with Crippen LogP contribution >= 0.6 is 12.6 Å². The zero-order valence-electron chi connectivity index (χ0n) is 18.3. The van der Waals surface area contributed by atoms with Gasteiger partial charge in [0.05, 0.1) is 6.04 Å². The molecule has 0 saturated carbocycles. The third-order valence-corrected chi connectivity index (χ3v) is 4.73. The highest BCUT2D eigenvalue weighted by atomic mass is 32.1. The van der Waals surface area contributed by atoms with Crippen molar-refractivity contribution in [1.82, 2.24) is 16.0 Å². The molecule has 0 spiro atoms. The zero-order chi connectivity index (χ0) is 24.7. The summed E-state index contributed by atoms with van der Waals surface area (Å²) in [5.41, 5.74) is 21.6. The Kier molecular flexibility index (Phi) is 14.8. The van der Waals surface area contributed by atoms with Crippen molar-refractivity contribution in [1.29, 1.82) is 0 Å². The van der Waals surface area contributed by atoms with Gasteiger partial charge in [0.15, 0.2) is 5.96 Å². The first kappa shape index (κ1) is 29.4. The molecular formula is C18H36N8O5S. The minimum Gasteiger partial charge on any atom is -0.480 e. The molecule has 0 aliphatic rings. The average molecular weight is 477 g/mol. The summed E-state index contributed by atoms with van der Waals surface area (Å²) in [7, 11) is 0. The molecule has 0 saturated heterocycles. The second kappa shape index (κ2) is 16.1. The van der Waals surface area contributed by atoms with Gasteiger partial charge >= 0.3 is 5.97 Å². The average Bonchev–Trinajstić information content (AvgIpc) is 2.72. The lowest BCUT2D eigenvalue weighted by atomic mass is 10.1. The highest BCUT2D eigenvalue weighted by Crippen LogP contribution is 2.05. The molecule has 0 aromatic carbocycles. The molecule has 184 valence electrons. The van der Waals surface area contributed by atoms with Crippen LogP contribution in [0.5, 0.6) is 0 Å².